The molecule has 2 nitrogen and oxygen atoms in total. The summed E-state index contributed by atoms with van der Waals surface area (Å²) < 4.78 is 5.69. The van der Waals surface area contributed by atoms with Gasteiger partial charge in [0.25, 0.3) is 0 Å². The molecule has 1 aliphatic heterocycles. The fraction of sp³-hybridized carbons (Fsp3) is 0.455. The maximum absolute atomic E-state index is 6.09. The molecule has 0 atom stereocenters. The van der Waals surface area contributed by atoms with Crippen molar-refractivity contribution in [1.82, 2.24) is 0 Å². The van der Waals surface area contributed by atoms with Gasteiger partial charge in [-0.2, -0.15) is 0 Å². The zero-order valence-corrected chi connectivity index (χ0v) is 10.2. The molecule has 1 aromatic rings. The zero-order chi connectivity index (χ0) is 11.1. The molecule has 1 aromatic carbocycles. The number of anilines is 1. The number of hydrogen-bond donors (Lipinski definition) is 1. The summed E-state index contributed by atoms with van der Waals surface area (Å²) in [7, 11) is 0. The van der Waals surface area contributed by atoms with E-state index in [1.54, 1.807) is 12.1 Å². The highest BCUT2D eigenvalue weighted by molar-refractivity contribution is 6.36. The van der Waals surface area contributed by atoms with E-state index in [1.807, 2.05) is 0 Å². The molecule has 0 saturated carbocycles. The highest BCUT2D eigenvalue weighted by atomic mass is 35.5. The van der Waals surface area contributed by atoms with Crippen LogP contribution in [-0.4, -0.2) is 13.2 Å². The Morgan fingerprint density at radius 3 is 2.80 bits per heavy atom. The lowest BCUT2D eigenvalue weighted by Gasteiger charge is -2.20. The second kappa shape index (κ2) is 3.76. The fourth-order valence-corrected chi connectivity index (χ4v) is 2.03. The fourth-order valence-electron chi connectivity index (χ4n) is 1.49. The average molecular weight is 246 g/mol. The Bertz CT molecular complexity index is 390. The van der Waals surface area contributed by atoms with Gasteiger partial charge in [-0.25, -0.2) is 0 Å². The second-order valence-corrected chi connectivity index (χ2v) is 5.41. The van der Waals surface area contributed by atoms with Crippen molar-refractivity contribution in [3.05, 3.63) is 22.2 Å². The van der Waals surface area contributed by atoms with Crippen LogP contribution in [0.25, 0.3) is 0 Å². The van der Waals surface area contributed by atoms with Crippen molar-refractivity contribution < 1.29 is 4.74 Å². The van der Waals surface area contributed by atoms with E-state index in [0.29, 0.717) is 16.7 Å². The third-order valence-electron chi connectivity index (χ3n) is 2.38. The molecule has 0 aliphatic carbocycles. The summed E-state index contributed by atoms with van der Waals surface area (Å²) in [5, 5.41) is 4.50. The van der Waals surface area contributed by atoms with Gasteiger partial charge in [-0.3, -0.25) is 0 Å². The van der Waals surface area contributed by atoms with Gasteiger partial charge in [-0.1, -0.05) is 37.0 Å². The van der Waals surface area contributed by atoms with Crippen LogP contribution in [0.3, 0.4) is 0 Å². The molecular weight excluding hydrogens is 233 g/mol. The Hall–Kier alpha value is -0.600. The van der Waals surface area contributed by atoms with Gasteiger partial charge in [0, 0.05) is 23.0 Å². The molecule has 0 aromatic heterocycles. The highest BCUT2D eigenvalue weighted by Gasteiger charge is 2.24. The molecule has 0 bridgehead atoms. The number of hydrogen-bond acceptors (Lipinski definition) is 2. The van der Waals surface area contributed by atoms with Crippen LogP contribution in [0.5, 0.6) is 5.75 Å². The minimum Gasteiger partial charge on any atom is -0.491 e. The standard InChI is InChI=1S/C11H13Cl2NO/c1-11(2)5-14-10-8(13)3-7(12)4-9(10)15-6-11/h3-4,14H,5-6H2,1-2H3. The molecule has 0 unspecified atom stereocenters. The van der Waals surface area contributed by atoms with E-state index >= 15 is 0 Å². The molecule has 2 rings (SSSR count). The number of rotatable bonds is 0. The lowest BCUT2D eigenvalue weighted by molar-refractivity contribution is 0.200. The maximum Gasteiger partial charge on any atom is 0.145 e. The van der Waals surface area contributed by atoms with Gasteiger partial charge in [-0.15, -0.1) is 0 Å². The molecule has 1 N–H and O–H groups in total. The first-order chi connectivity index (χ1) is 6.98. The van der Waals surface area contributed by atoms with Gasteiger partial charge < -0.3 is 10.1 Å². The first kappa shape index (κ1) is 10.9. The quantitative estimate of drug-likeness (QED) is 0.751. The Morgan fingerprint density at radius 2 is 2.07 bits per heavy atom. The topological polar surface area (TPSA) is 21.3 Å². The first-order valence-corrected chi connectivity index (χ1v) is 5.59. The van der Waals surface area contributed by atoms with Gasteiger partial charge in [0.15, 0.2) is 0 Å². The number of fused-ring (bicyclic) bond motifs is 1. The number of nitrogens with one attached hydrogen (secondary N) is 1. The van der Waals surface area contributed by atoms with E-state index in [9.17, 15) is 0 Å². The molecule has 15 heavy (non-hydrogen) atoms. The molecule has 1 aliphatic rings. The smallest absolute Gasteiger partial charge is 0.145 e. The van der Waals surface area contributed by atoms with Crippen LogP contribution < -0.4 is 10.1 Å². The van der Waals surface area contributed by atoms with Crippen molar-refractivity contribution in [3.8, 4) is 5.75 Å². The molecule has 1 heterocycles. The van der Waals surface area contributed by atoms with Crippen molar-refractivity contribution in [3.63, 3.8) is 0 Å². The van der Waals surface area contributed by atoms with Crippen LogP contribution >= 0.6 is 23.2 Å². The molecule has 0 fully saturated rings. The summed E-state index contributed by atoms with van der Waals surface area (Å²) in [5.41, 5.74) is 0.932. The van der Waals surface area contributed by atoms with E-state index in [0.717, 1.165) is 18.0 Å². The molecular formula is C11H13Cl2NO. The zero-order valence-electron chi connectivity index (χ0n) is 8.73. The molecule has 82 valence electrons. The van der Waals surface area contributed by atoms with Crippen LogP contribution in [0.4, 0.5) is 5.69 Å². The summed E-state index contributed by atoms with van der Waals surface area (Å²) >= 11 is 12.0. The predicted molar refractivity (Wildman–Crippen MR) is 64.2 cm³/mol. The largest absolute Gasteiger partial charge is 0.491 e. The summed E-state index contributed by atoms with van der Waals surface area (Å²) in [6.07, 6.45) is 0. The van der Waals surface area contributed by atoms with Crippen molar-refractivity contribution in [2.45, 2.75) is 13.8 Å². The van der Waals surface area contributed by atoms with Gasteiger partial charge in [0.1, 0.15) is 5.75 Å². The van der Waals surface area contributed by atoms with E-state index in [-0.39, 0.29) is 5.41 Å². The van der Waals surface area contributed by atoms with Crippen molar-refractivity contribution in [1.29, 1.82) is 0 Å². The minimum absolute atomic E-state index is 0.0921. The summed E-state index contributed by atoms with van der Waals surface area (Å²) in [6.45, 7) is 5.77. The van der Waals surface area contributed by atoms with Gasteiger partial charge >= 0.3 is 0 Å². The first-order valence-electron chi connectivity index (χ1n) is 4.84. The van der Waals surface area contributed by atoms with E-state index in [4.69, 9.17) is 27.9 Å². The van der Waals surface area contributed by atoms with Crippen LogP contribution in [0.1, 0.15) is 13.8 Å². The van der Waals surface area contributed by atoms with Gasteiger partial charge in [-0.05, 0) is 6.07 Å². The van der Waals surface area contributed by atoms with Crippen LogP contribution in [0, 0.1) is 5.41 Å². The molecule has 0 saturated heterocycles. The monoisotopic (exact) mass is 245 g/mol. The second-order valence-electron chi connectivity index (χ2n) is 4.57. The summed E-state index contributed by atoms with van der Waals surface area (Å²) in [6, 6.07) is 3.51. The number of ether oxygens (including phenoxy) is 1. The Labute approximate surface area is 99.5 Å². The number of benzene rings is 1. The highest BCUT2D eigenvalue weighted by Crippen LogP contribution is 2.39. The van der Waals surface area contributed by atoms with Crippen LogP contribution in [0.2, 0.25) is 10.0 Å². The Morgan fingerprint density at radius 1 is 1.33 bits per heavy atom. The van der Waals surface area contributed by atoms with E-state index in [2.05, 4.69) is 19.2 Å². The molecule has 0 amide bonds. The summed E-state index contributed by atoms with van der Waals surface area (Å²) in [5.74, 6) is 0.734. The van der Waals surface area contributed by atoms with Gasteiger partial charge in [0.05, 0.1) is 17.3 Å². The third-order valence-corrected chi connectivity index (χ3v) is 2.90. The van der Waals surface area contributed by atoms with Gasteiger partial charge in [0.2, 0.25) is 0 Å². The van der Waals surface area contributed by atoms with E-state index in [1.165, 1.54) is 0 Å². The van der Waals surface area contributed by atoms with Crippen molar-refractivity contribution in [2.24, 2.45) is 5.41 Å². The Balaban J connectivity index is 2.39. The predicted octanol–water partition coefficient (Wildman–Crippen LogP) is 3.82. The SMILES string of the molecule is CC1(C)CNc2c(Cl)cc(Cl)cc2OC1. The normalized spacial score (nSPS) is 18.4. The van der Waals surface area contributed by atoms with Crippen LogP contribution in [0.15, 0.2) is 12.1 Å². The maximum atomic E-state index is 6.09. The minimum atomic E-state index is 0.0921. The van der Waals surface area contributed by atoms with Crippen molar-refractivity contribution >= 4 is 28.9 Å². The Kier molecular flexibility index (Phi) is 2.73. The average Bonchev–Trinajstić information content (AvgIpc) is 2.26. The lowest BCUT2D eigenvalue weighted by atomic mass is 9.95. The van der Waals surface area contributed by atoms with Crippen molar-refractivity contribution in [2.75, 3.05) is 18.5 Å². The lowest BCUT2D eigenvalue weighted by Crippen LogP contribution is -2.27. The van der Waals surface area contributed by atoms with E-state index < -0.39 is 0 Å². The summed E-state index contributed by atoms with van der Waals surface area (Å²) in [4.78, 5) is 0. The molecule has 0 radical (unpaired) electrons. The third kappa shape index (κ3) is 2.32. The number of halogens is 2. The molecule has 0 spiro atoms. The van der Waals surface area contributed by atoms with Crippen LogP contribution in [-0.2, 0) is 0 Å². The molecule has 4 heteroatoms.